The van der Waals surface area contributed by atoms with Gasteiger partial charge in [-0.25, -0.2) is 13.1 Å². The second-order valence-electron chi connectivity index (χ2n) is 5.34. The zero-order valence-corrected chi connectivity index (χ0v) is 13.5. The minimum atomic E-state index is -3.53. The van der Waals surface area contributed by atoms with E-state index in [4.69, 9.17) is 11.6 Å². The molecule has 0 aliphatic heterocycles. The number of rotatable bonds is 6. The molecule has 0 aliphatic carbocycles. The number of benzene rings is 1. The number of sulfonamides is 1. The third-order valence-corrected chi connectivity index (χ3v) is 5.40. The van der Waals surface area contributed by atoms with Crippen LogP contribution in [0.2, 0.25) is 0 Å². The number of aryl methyl sites for hydroxylation is 1. The quantitative estimate of drug-likeness (QED) is 0.819. The van der Waals surface area contributed by atoms with E-state index in [2.05, 4.69) is 11.6 Å². The summed E-state index contributed by atoms with van der Waals surface area (Å²) in [5, 5.41) is -0.304. The van der Waals surface area contributed by atoms with Crippen molar-refractivity contribution in [1.29, 1.82) is 0 Å². The molecular formula is C14H22ClNO2S. The van der Waals surface area contributed by atoms with Gasteiger partial charge in [0.25, 0.3) is 0 Å². The predicted octanol–water partition coefficient (Wildman–Crippen LogP) is 3.32. The second-order valence-corrected chi connectivity index (χ2v) is 7.67. The summed E-state index contributed by atoms with van der Waals surface area (Å²) < 4.78 is 27.1. The van der Waals surface area contributed by atoms with E-state index in [0.717, 1.165) is 18.4 Å². The van der Waals surface area contributed by atoms with E-state index in [-0.39, 0.29) is 10.3 Å². The number of nitrogens with one attached hydrogen (secondary N) is 1. The first-order valence-corrected chi connectivity index (χ1v) is 8.38. The van der Waals surface area contributed by atoms with Gasteiger partial charge in [0.1, 0.15) is 0 Å². The molecule has 5 heteroatoms. The van der Waals surface area contributed by atoms with Crippen molar-refractivity contribution in [1.82, 2.24) is 4.72 Å². The van der Waals surface area contributed by atoms with Crippen LogP contribution >= 0.6 is 11.6 Å². The van der Waals surface area contributed by atoms with Crippen LogP contribution in [0.1, 0.15) is 39.7 Å². The Morgan fingerprint density at radius 2 is 1.79 bits per heavy atom. The fourth-order valence-corrected chi connectivity index (χ4v) is 3.21. The molecule has 1 aromatic carbocycles. The van der Waals surface area contributed by atoms with Gasteiger partial charge >= 0.3 is 0 Å². The number of alkyl halides is 1. The average molecular weight is 304 g/mol. The molecule has 0 bridgehead atoms. The normalized spacial score (nSPS) is 14.4. The minimum absolute atomic E-state index is 0.276. The maximum absolute atomic E-state index is 12.3. The van der Waals surface area contributed by atoms with Crippen molar-refractivity contribution in [2.45, 2.75) is 56.3 Å². The van der Waals surface area contributed by atoms with Crippen molar-refractivity contribution in [3.63, 3.8) is 0 Å². The summed E-state index contributed by atoms with van der Waals surface area (Å²) in [5.74, 6) is 0. The van der Waals surface area contributed by atoms with Crippen LogP contribution in [0, 0.1) is 0 Å². The lowest BCUT2D eigenvalue weighted by Gasteiger charge is -2.28. The van der Waals surface area contributed by atoms with Crippen molar-refractivity contribution in [3.8, 4) is 0 Å². The summed E-state index contributed by atoms with van der Waals surface area (Å²) in [5.41, 5.74) is 0.453. The average Bonchev–Trinajstić information content (AvgIpc) is 2.28. The lowest BCUT2D eigenvalue weighted by Crippen LogP contribution is -2.48. The molecule has 3 nitrogen and oxygen atoms in total. The van der Waals surface area contributed by atoms with Gasteiger partial charge in [0, 0.05) is 10.9 Å². The van der Waals surface area contributed by atoms with E-state index in [0.29, 0.717) is 0 Å². The van der Waals surface area contributed by atoms with Gasteiger partial charge in [-0.2, -0.15) is 0 Å². The molecule has 0 aromatic heterocycles. The van der Waals surface area contributed by atoms with E-state index in [1.807, 2.05) is 12.1 Å². The van der Waals surface area contributed by atoms with Crippen LogP contribution in [0.4, 0.5) is 0 Å². The minimum Gasteiger partial charge on any atom is -0.207 e. The maximum Gasteiger partial charge on any atom is 0.241 e. The molecule has 1 aromatic rings. The maximum atomic E-state index is 12.3. The van der Waals surface area contributed by atoms with Crippen LogP contribution in [0.5, 0.6) is 0 Å². The van der Waals surface area contributed by atoms with Crippen molar-refractivity contribution >= 4 is 21.6 Å². The fourth-order valence-electron chi connectivity index (χ4n) is 1.61. The summed E-state index contributed by atoms with van der Waals surface area (Å²) >= 11 is 6.00. The summed E-state index contributed by atoms with van der Waals surface area (Å²) in [6.45, 7) is 7.41. The Kier molecular flexibility index (Phi) is 5.42. The van der Waals surface area contributed by atoms with E-state index >= 15 is 0 Å². The monoisotopic (exact) mass is 303 g/mol. The van der Waals surface area contributed by atoms with Gasteiger partial charge in [0.05, 0.1) is 4.90 Å². The van der Waals surface area contributed by atoms with Crippen LogP contribution in [0.25, 0.3) is 0 Å². The SMILES string of the molecule is CCCc1ccc(S(=O)(=O)NC(C)(C)C(C)Cl)cc1. The number of hydrogen-bond acceptors (Lipinski definition) is 2. The van der Waals surface area contributed by atoms with Crippen LogP contribution in [-0.2, 0) is 16.4 Å². The van der Waals surface area contributed by atoms with E-state index in [9.17, 15) is 8.42 Å². The number of halogens is 1. The molecule has 0 radical (unpaired) electrons. The second kappa shape index (κ2) is 6.25. The lowest BCUT2D eigenvalue weighted by molar-refractivity contribution is 0.445. The highest BCUT2D eigenvalue weighted by atomic mass is 35.5. The van der Waals surface area contributed by atoms with Crippen molar-refractivity contribution in [2.75, 3.05) is 0 Å². The molecule has 1 atom stereocenters. The molecule has 0 heterocycles. The van der Waals surface area contributed by atoms with Crippen LogP contribution in [0.15, 0.2) is 29.2 Å². The summed E-state index contributed by atoms with van der Waals surface area (Å²) in [7, 11) is -3.53. The zero-order valence-electron chi connectivity index (χ0n) is 11.9. The standard InChI is InChI=1S/C14H22ClNO2S/c1-5-6-12-7-9-13(10-8-12)19(17,18)16-14(3,4)11(2)15/h7-11,16H,5-6H2,1-4H3. The molecule has 1 N–H and O–H groups in total. The van der Waals surface area contributed by atoms with Crippen molar-refractivity contribution < 1.29 is 8.42 Å². The number of hydrogen-bond donors (Lipinski definition) is 1. The largest absolute Gasteiger partial charge is 0.241 e. The summed E-state index contributed by atoms with van der Waals surface area (Å²) in [6, 6.07) is 7.00. The van der Waals surface area contributed by atoms with Gasteiger partial charge in [-0.1, -0.05) is 25.5 Å². The molecule has 1 unspecified atom stereocenters. The fraction of sp³-hybridized carbons (Fsp3) is 0.571. The van der Waals surface area contributed by atoms with E-state index in [1.165, 1.54) is 0 Å². The van der Waals surface area contributed by atoms with Gasteiger partial charge in [0.2, 0.25) is 10.0 Å². The van der Waals surface area contributed by atoms with E-state index < -0.39 is 15.6 Å². The molecule has 0 saturated heterocycles. The summed E-state index contributed by atoms with van der Waals surface area (Å²) in [6.07, 6.45) is 2.00. The third kappa shape index (κ3) is 4.48. The summed E-state index contributed by atoms with van der Waals surface area (Å²) in [4.78, 5) is 0.276. The molecule has 0 fully saturated rings. The predicted molar refractivity (Wildman–Crippen MR) is 80.2 cm³/mol. The lowest BCUT2D eigenvalue weighted by atomic mass is 10.0. The topological polar surface area (TPSA) is 46.2 Å². The Bertz CT molecular complexity index is 507. The Hall–Kier alpha value is -0.580. The van der Waals surface area contributed by atoms with Crippen molar-refractivity contribution in [2.24, 2.45) is 0 Å². The van der Waals surface area contributed by atoms with Gasteiger partial charge < -0.3 is 0 Å². The highest BCUT2D eigenvalue weighted by Gasteiger charge is 2.30. The van der Waals surface area contributed by atoms with Gasteiger partial charge in [-0.3, -0.25) is 0 Å². The highest BCUT2D eigenvalue weighted by Crippen LogP contribution is 2.19. The first-order valence-electron chi connectivity index (χ1n) is 6.46. The molecule has 108 valence electrons. The Morgan fingerprint density at radius 1 is 1.26 bits per heavy atom. The van der Waals surface area contributed by atoms with Gasteiger partial charge in [0.15, 0.2) is 0 Å². The molecule has 0 spiro atoms. The smallest absolute Gasteiger partial charge is 0.207 e. The van der Waals surface area contributed by atoms with Crippen LogP contribution < -0.4 is 4.72 Å². The molecule has 19 heavy (non-hydrogen) atoms. The van der Waals surface area contributed by atoms with Gasteiger partial charge in [-0.15, -0.1) is 11.6 Å². The Morgan fingerprint density at radius 3 is 2.21 bits per heavy atom. The third-order valence-electron chi connectivity index (χ3n) is 3.16. The Balaban J connectivity index is 2.95. The van der Waals surface area contributed by atoms with Crippen LogP contribution in [-0.4, -0.2) is 19.3 Å². The Labute approximate surface area is 121 Å². The molecular weight excluding hydrogens is 282 g/mol. The highest BCUT2D eigenvalue weighted by molar-refractivity contribution is 7.89. The zero-order chi connectivity index (χ0) is 14.7. The van der Waals surface area contributed by atoms with Crippen LogP contribution in [0.3, 0.4) is 0 Å². The van der Waals surface area contributed by atoms with E-state index in [1.54, 1.807) is 32.9 Å². The molecule has 1 rings (SSSR count). The first-order chi connectivity index (χ1) is 8.69. The molecule has 0 aliphatic rings. The molecule has 0 amide bonds. The van der Waals surface area contributed by atoms with Crippen molar-refractivity contribution in [3.05, 3.63) is 29.8 Å². The molecule has 0 saturated carbocycles. The van der Waals surface area contributed by atoms with Gasteiger partial charge in [-0.05, 0) is 44.9 Å². The first kappa shape index (κ1) is 16.5.